The van der Waals surface area contributed by atoms with E-state index in [0.717, 1.165) is 12.8 Å². The van der Waals surface area contributed by atoms with Gasteiger partial charge in [-0.15, -0.1) is 0 Å². The van der Waals surface area contributed by atoms with Gasteiger partial charge >= 0.3 is 0 Å². The van der Waals surface area contributed by atoms with Gasteiger partial charge in [0, 0.05) is 6.42 Å². The lowest BCUT2D eigenvalue weighted by Crippen LogP contribution is -2.34. The maximum Gasteiger partial charge on any atom is 0.142 e. The molecule has 0 aliphatic carbocycles. The largest absolute Gasteiger partial charge is 0.564 e. The van der Waals surface area contributed by atoms with Gasteiger partial charge in [-0.05, 0) is 6.42 Å². The summed E-state index contributed by atoms with van der Waals surface area (Å²) in [4.78, 5) is -2.13. The van der Waals surface area contributed by atoms with Crippen molar-refractivity contribution in [1.29, 1.82) is 0 Å². The van der Waals surface area contributed by atoms with Crippen molar-refractivity contribution in [3.8, 4) is 0 Å². The molecule has 0 heterocycles. The minimum atomic E-state index is -2.13. The van der Waals surface area contributed by atoms with E-state index < -0.39 is 4.97 Å². The highest BCUT2D eigenvalue weighted by Crippen LogP contribution is 2.13. The number of hydrogen-bond donors (Lipinski definition) is 2. The summed E-state index contributed by atoms with van der Waals surface area (Å²) in [5, 5.41) is 27.6. The van der Waals surface area contributed by atoms with Crippen LogP contribution in [0.2, 0.25) is 0 Å². The van der Waals surface area contributed by atoms with Crippen LogP contribution in [0.3, 0.4) is 0 Å². The van der Waals surface area contributed by atoms with E-state index in [1.807, 2.05) is 0 Å². The highest BCUT2D eigenvalue weighted by molar-refractivity contribution is 4.49. The van der Waals surface area contributed by atoms with Crippen LogP contribution in [0.1, 0.15) is 110 Å². The van der Waals surface area contributed by atoms with Crippen LogP contribution < -0.4 is 0 Å². The van der Waals surface area contributed by atoms with Crippen LogP contribution >= 0.6 is 0 Å². The Hall–Kier alpha value is -0.160. The van der Waals surface area contributed by atoms with Crippen molar-refractivity contribution in [2.75, 3.05) is 6.54 Å². The van der Waals surface area contributed by atoms with Crippen LogP contribution in [0.4, 0.5) is 0 Å². The van der Waals surface area contributed by atoms with Gasteiger partial charge in [0.25, 0.3) is 0 Å². The van der Waals surface area contributed by atoms with Crippen molar-refractivity contribution >= 4 is 0 Å². The predicted molar refractivity (Wildman–Crippen MR) is 91.6 cm³/mol. The molecule has 0 aliphatic heterocycles. The zero-order valence-corrected chi connectivity index (χ0v) is 14.8. The Kier molecular flexibility index (Phi) is 15.6. The average Bonchev–Trinajstić information content (AvgIpc) is 2.45. The zero-order chi connectivity index (χ0) is 16.5. The molecule has 0 fully saturated rings. The monoisotopic (exact) mass is 317 g/mol. The van der Waals surface area contributed by atoms with Crippen molar-refractivity contribution in [2.24, 2.45) is 0 Å². The van der Waals surface area contributed by atoms with Gasteiger partial charge in [0.05, 0.1) is 0 Å². The van der Waals surface area contributed by atoms with E-state index in [2.05, 4.69) is 6.92 Å². The Bertz CT molecular complexity index is 217. The van der Waals surface area contributed by atoms with Gasteiger partial charge < -0.3 is 5.21 Å². The Morgan fingerprint density at radius 3 is 1.09 bits per heavy atom. The summed E-state index contributed by atoms with van der Waals surface area (Å²) in [6, 6.07) is 0. The molecular weight excluding hydrogens is 278 g/mol. The van der Waals surface area contributed by atoms with Gasteiger partial charge in [0.15, 0.2) is 0 Å². The number of hydrogen-bond acceptors (Lipinski definition) is 3. The van der Waals surface area contributed by atoms with E-state index in [-0.39, 0.29) is 6.54 Å². The van der Waals surface area contributed by atoms with Crippen molar-refractivity contribution in [1.82, 2.24) is 0 Å². The Morgan fingerprint density at radius 1 is 0.545 bits per heavy atom. The maximum absolute atomic E-state index is 10.5. The minimum Gasteiger partial charge on any atom is -0.564 e. The molecule has 2 N–H and O–H groups in total. The number of rotatable bonds is 17. The third-order valence-corrected chi connectivity index (χ3v) is 4.30. The van der Waals surface area contributed by atoms with E-state index in [4.69, 9.17) is 10.4 Å². The predicted octanol–water partition coefficient (Wildman–Crippen LogP) is 6.34. The van der Waals surface area contributed by atoms with Gasteiger partial charge in [0.1, 0.15) is 6.54 Å². The van der Waals surface area contributed by atoms with Gasteiger partial charge in [-0.2, -0.15) is 10.4 Å². The molecule has 0 saturated carbocycles. The quantitative estimate of drug-likeness (QED) is 0.187. The fourth-order valence-corrected chi connectivity index (χ4v) is 2.87. The third-order valence-electron chi connectivity index (χ3n) is 4.30. The van der Waals surface area contributed by atoms with Gasteiger partial charge in [-0.3, -0.25) is 0 Å². The molecule has 0 bridgehead atoms. The first-order valence-corrected chi connectivity index (χ1v) is 9.61. The smallest absolute Gasteiger partial charge is 0.142 e. The minimum absolute atomic E-state index is 0.113. The Labute approximate surface area is 137 Å². The molecule has 0 radical (unpaired) electrons. The molecule has 0 aliphatic rings. The molecule has 0 atom stereocenters. The summed E-state index contributed by atoms with van der Waals surface area (Å²) in [7, 11) is 0. The van der Waals surface area contributed by atoms with Crippen LogP contribution in [-0.2, 0) is 0 Å². The van der Waals surface area contributed by atoms with Gasteiger partial charge in [-0.1, -0.05) is 102 Å². The summed E-state index contributed by atoms with van der Waals surface area (Å²) in [5.74, 6) is 0. The van der Waals surface area contributed by atoms with E-state index in [1.54, 1.807) is 0 Å². The molecule has 0 aromatic carbocycles. The lowest BCUT2D eigenvalue weighted by Gasteiger charge is -2.23. The summed E-state index contributed by atoms with van der Waals surface area (Å²) in [6.45, 7) is 2.15. The number of unbranched alkanes of at least 4 members (excludes halogenated alkanes) is 15. The van der Waals surface area contributed by atoms with Crippen molar-refractivity contribution < 1.29 is 15.4 Å². The third kappa shape index (κ3) is 19.8. The fraction of sp³-hybridized carbons (Fsp3) is 1.00. The van der Waals surface area contributed by atoms with Crippen LogP contribution in [0.15, 0.2) is 0 Å². The number of quaternary nitrogens is 1. The molecule has 0 amide bonds. The number of hydroxylamine groups is 3. The molecule has 0 spiro atoms. The first-order valence-electron chi connectivity index (χ1n) is 9.61. The summed E-state index contributed by atoms with van der Waals surface area (Å²) in [6.07, 6.45) is 20.3. The maximum atomic E-state index is 10.5. The SMILES string of the molecule is CCCCCCCCCCCCCCCCCC[N+]([O-])(O)O. The van der Waals surface area contributed by atoms with Gasteiger partial charge in [-0.25, -0.2) is 0 Å². The highest BCUT2D eigenvalue weighted by atomic mass is 17.1. The summed E-state index contributed by atoms with van der Waals surface area (Å²) < 4.78 is 0. The molecule has 0 unspecified atom stereocenters. The zero-order valence-electron chi connectivity index (χ0n) is 14.8. The van der Waals surface area contributed by atoms with Gasteiger partial charge in [0.2, 0.25) is 0 Å². The molecule has 0 rings (SSSR count). The molecule has 22 heavy (non-hydrogen) atoms. The van der Waals surface area contributed by atoms with E-state index in [9.17, 15) is 5.21 Å². The molecule has 4 heteroatoms. The fourth-order valence-electron chi connectivity index (χ4n) is 2.87. The molecule has 4 nitrogen and oxygen atoms in total. The second-order valence-corrected chi connectivity index (χ2v) is 6.69. The lowest BCUT2D eigenvalue weighted by molar-refractivity contribution is -1.21. The van der Waals surface area contributed by atoms with Crippen LogP contribution in [-0.4, -0.2) is 21.9 Å². The van der Waals surface area contributed by atoms with Crippen molar-refractivity contribution in [2.45, 2.75) is 110 Å². The second-order valence-electron chi connectivity index (χ2n) is 6.69. The first-order chi connectivity index (χ1) is 10.6. The first kappa shape index (κ1) is 21.8. The van der Waals surface area contributed by atoms with E-state index in [1.165, 1.54) is 83.5 Å². The molecule has 0 saturated heterocycles. The normalized spacial score (nSPS) is 12.0. The molecule has 0 aromatic heterocycles. The average molecular weight is 318 g/mol. The lowest BCUT2D eigenvalue weighted by atomic mass is 10.0. The van der Waals surface area contributed by atoms with Crippen LogP contribution in [0.5, 0.6) is 0 Å². The molecular formula is C18H39NO3. The van der Waals surface area contributed by atoms with E-state index >= 15 is 0 Å². The molecule has 134 valence electrons. The number of nitrogens with zero attached hydrogens (tertiary/aromatic N) is 1. The van der Waals surface area contributed by atoms with Crippen LogP contribution in [0.25, 0.3) is 0 Å². The van der Waals surface area contributed by atoms with Crippen molar-refractivity contribution in [3.63, 3.8) is 0 Å². The second kappa shape index (κ2) is 15.7. The molecule has 0 aromatic rings. The van der Waals surface area contributed by atoms with Crippen LogP contribution in [0, 0.1) is 5.21 Å². The Balaban J connectivity index is 3.00. The van der Waals surface area contributed by atoms with E-state index in [0.29, 0.717) is 6.42 Å². The van der Waals surface area contributed by atoms with Crippen molar-refractivity contribution in [3.05, 3.63) is 5.21 Å². The summed E-state index contributed by atoms with van der Waals surface area (Å²) in [5.41, 5.74) is 0. The standard InChI is InChI=1S/C18H39NO3/c1-2-3-4-5-6-7-8-9-10-11-12-13-14-15-16-17-18-19(20,21)22/h20-21H,2-18H2,1H3. The topological polar surface area (TPSA) is 63.5 Å². The highest BCUT2D eigenvalue weighted by Gasteiger charge is 2.06. The summed E-state index contributed by atoms with van der Waals surface area (Å²) >= 11 is 0. The Morgan fingerprint density at radius 2 is 0.818 bits per heavy atom.